The molecule has 1 unspecified atom stereocenters. The first-order valence-corrected chi connectivity index (χ1v) is 8.54. The molecule has 0 aliphatic rings. The molecule has 0 bridgehead atoms. The molecule has 1 aromatic carbocycles. The summed E-state index contributed by atoms with van der Waals surface area (Å²) < 4.78 is 23.7. The lowest BCUT2D eigenvalue weighted by atomic mass is 10.3. The second-order valence-electron chi connectivity index (χ2n) is 5.67. The Morgan fingerprint density at radius 1 is 1.19 bits per heavy atom. The van der Waals surface area contributed by atoms with Crippen LogP contribution < -0.4 is 20.1 Å². The maximum absolute atomic E-state index is 12.9. The Morgan fingerprint density at radius 2 is 1.96 bits per heavy atom. The monoisotopic (exact) mass is 360 g/mol. The number of rotatable bonds is 8. The summed E-state index contributed by atoms with van der Waals surface area (Å²) in [6.07, 6.45) is 1.64. The molecule has 0 aliphatic heterocycles. The van der Waals surface area contributed by atoms with Gasteiger partial charge in [-0.15, -0.1) is 0 Å². The highest BCUT2D eigenvalue weighted by atomic mass is 19.1. The molecule has 2 rings (SSSR count). The number of guanidine groups is 1. The molecule has 0 saturated heterocycles. The molecule has 140 valence electrons. The number of methoxy groups -OCH3 is 1. The van der Waals surface area contributed by atoms with Gasteiger partial charge in [0.2, 0.25) is 5.88 Å². The minimum absolute atomic E-state index is 0.105. The van der Waals surface area contributed by atoms with Gasteiger partial charge in [0, 0.05) is 18.8 Å². The van der Waals surface area contributed by atoms with Crippen LogP contribution in [0.1, 0.15) is 19.4 Å². The van der Waals surface area contributed by atoms with Gasteiger partial charge >= 0.3 is 0 Å². The number of aromatic nitrogens is 1. The molecule has 6 nitrogen and oxygen atoms in total. The molecule has 0 amide bonds. The van der Waals surface area contributed by atoms with Crippen LogP contribution in [0.4, 0.5) is 4.39 Å². The number of aliphatic imine (C=N–C) groups is 1. The summed E-state index contributed by atoms with van der Waals surface area (Å²) in [5, 5.41) is 6.43. The Hall–Kier alpha value is -2.83. The molecule has 1 aromatic heterocycles. The van der Waals surface area contributed by atoms with Crippen LogP contribution in [0.2, 0.25) is 0 Å². The van der Waals surface area contributed by atoms with E-state index in [2.05, 4.69) is 20.6 Å². The summed E-state index contributed by atoms with van der Waals surface area (Å²) in [6.45, 7) is 5.75. The predicted molar refractivity (Wildman–Crippen MR) is 100 cm³/mol. The van der Waals surface area contributed by atoms with Crippen LogP contribution in [-0.2, 0) is 6.54 Å². The number of nitrogens with one attached hydrogen (secondary N) is 2. The van der Waals surface area contributed by atoms with E-state index < -0.39 is 0 Å². The average Bonchev–Trinajstić information content (AvgIpc) is 2.66. The van der Waals surface area contributed by atoms with Gasteiger partial charge in [-0.25, -0.2) is 14.4 Å². The second-order valence-corrected chi connectivity index (χ2v) is 5.67. The van der Waals surface area contributed by atoms with Crippen molar-refractivity contribution in [3.05, 3.63) is 54.0 Å². The van der Waals surface area contributed by atoms with Crippen molar-refractivity contribution in [2.75, 3.05) is 20.2 Å². The molecule has 0 fully saturated rings. The molecule has 0 radical (unpaired) electrons. The van der Waals surface area contributed by atoms with Crippen LogP contribution in [0.25, 0.3) is 0 Å². The average molecular weight is 360 g/mol. The van der Waals surface area contributed by atoms with Gasteiger partial charge in [0.25, 0.3) is 0 Å². The van der Waals surface area contributed by atoms with Gasteiger partial charge in [-0.3, -0.25) is 0 Å². The summed E-state index contributed by atoms with van der Waals surface area (Å²) in [6, 6.07) is 9.72. The minimum atomic E-state index is -0.280. The smallest absolute Gasteiger partial charge is 0.212 e. The molecule has 0 spiro atoms. The van der Waals surface area contributed by atoms with Gasteiger partial charge < -0.3 is 20.1 Å². The summed E-state index contributed by atoms with van der Waals surface area (Å²) in [5.74, 6) is 1.62. The van der Waals surface area contributed by atoms with Crippen molar-refractivity contribution in [3.63, 3.8) is 0 Å². The number of nitrogens with zero attached hydrogens (tertiary/aromatic N) is 2. The molecule has 0 saturated carbocycles. The molecule has 0 aliphatic carbocycles. The Balaban J connectivity index is 1.86. The predicted octanol–water partition coefficient (Wildman–Crippen LogP) is 2.75. The molecule has 26 heavy (non-hydrogen) atoms. The quantitative estimate of drug-likeness (QED) is 0.560. The van der Waals surface area contributed by atoms with E-state index in [4.69, 9.17) is 9.47 Å². The number of hydrogen-bond donors (Lipinski definition) is 2. The largest absolute Gasteiger partial charge is 0.489 e. The lowest BCUT2D eigenvalue weighted by Gasteiger charge is -2.17. The maximum atomic E-state index is 12.9. The van der Waals surface area contributed by atoms with Gasteiger partial charge in [-0.1, -0.05) is 6.07 Å². The van der Waals surface area contributed by atoms with E-state index in [-0.39, 0.29) is 11.9 Å². The molecular weight excluding hydrogens is 335 g/mol. The van der Waals surface area contributed by atoms with Crippen LogP contribution >= 0.6 is 0 Å². The first kappa shape index (κ1) is 19.5. The van der Waals surface area contributed by atoms with Gasteiger partial charge in [0.05, 0.1) is 20.2 Å². The zero-order valence-corrected chi connectivity index (χ0v) is 15.3. The minimum Gasteiger partial charge on any atom is -0.489 e. The van der Waals surface area contributed by atoms with Crippen molar-refractivity contribution in [2.24, 2.45) is 4.99 Å². The van der Waals surface area contributed by atoms with Crippen molar-refractivity contribution >= 4 is 5.96 Å². The zero-order chi connectivity index (χ0) is 18.8. The lowest BCUT2D eigenvalue weighted by Crippen LogP contribution is -2.41. The van der Waals surface area contributed by atoms with Gasteiger partial charge in [-0.05, 0) is 43.7 Å². The van der Waals surface area contributed by atoms with Crippen LogP contribution in [0.3, 0.4) is 0 Å². The highest BCUT2D eigenvalue weighted by Crippen LogP contribution is 2.12. The molecule has 1 atom stereocenters. The first-order valence-electron chi connectivity index (χ1n) is 8.54. The third-order valence-electron chi connectivity index (χ3n) is 3.48. The highest BCUT2D eigenvalue weighted by molar-refractivity contribution is 5.79. The summed E-state index contributed by atoms with van der Waals surface area (Å²) in [7, 11) is 1.59. The fraction of sp³-hybridized carbons (Fsp3) is 0.368. The third-order valence-corrected chi connectivity index (χ3v) is 3.48. The summed E-state index contributed by atoms with van der Waals surface area (Å²) >= 11 is 0. The zero-order valence-electron chi connectivity index (χ0n) is 15.3. The van der Waals surface area contributed by atoms with Crippen LogP contribution in [0.5, 0.6) is 11.6 Å². The Bertz CT molecular complexity index is 690. The van der Waals surface area contributed by atoms with Gasteiger partial charge in [0.15, 0.2) is 5.96 Å². The maximum Gasteiger partial charge on any atom is 0.212 e. The Kier molecular flexibility index (Phi) is 7.67. The Morgan fingerprint density at radius 3 is 2.58 bits per heavy atom. The van der Waals surface area contributed by atoms with E-state index in [1.54, 1.807) is 25.4 Å². The topological polar surface area (TPSA) is 67.8 Å². The van der Waals surface area contributed by atoms with E-state index >= 15 is 0 Å². The number of benzene rings is 1. The van der Waals surface area contributed by atoms with Crippen molar-refractivity contribution in [1.29, 1.82) is 0 Å². The highest BCUT2D eigenvalue weighted by Gasteiger charge is 2.06. The molecule has 2 N–H and O–H groups in total. The Labute approximate surface area is 153 Å². The van der Waals surface area contributed by atoms with E-state index in [0.717, 1.165) is 12.1 Å². The number of pyridine rings is 1. The fourth-order valence-electron chi connectivity index (χ4n) is 2.16. The number of hydrogen-bond acceptors (Lipinski definition) is 4. The first-order chi connectivity index (χ1) is 12.6. The number of halogens is 1. The normalized spacial score (nSPS) is 12.4. The lowest BCUT2D eigenvalue weighted by molar-refractivity contribution is 0.223. The van der Waals surface area contributed by atoms with E-state index in [1.807, 2.05) is 26.0 Å². The summed E-state index contributed by atoms with van der Waals surface area (Å²) in [5.41, 5.74) is 0.985. The van der Waals surface area contributed by atoms with Crippen molar-refractivity contribution in [3.8, 4) is 11.6 Å². The van der Waals surface area contributed by atoms with Crippen molar-refractivity contribution in [1.82, 2.24) is 15.6 Å². The second kappa shape index (κ2) is 10.2. The molecule has 2 aromatic rings. The van der Waals surface area contributed by atoms with E-state index in [1.165, 1.54) is 12.1 Å². The van der Waals surface area contributed by atoms with Gasteiger partial charge in [0.1, 0.15) is 17.7 Å². The fourth-order valence-corrected chi connectivity index (χ4v) is 2.16. The van der Waals surface area contributed by atoms with E-state index in [0.29, 0.717) is 30.7 Å². The third kappa shape index (κ3) is 6.58. The number of ether oxygens (including phenoxy) is 2. The van der Waals surface area contributed by atoms with Gasteiger partial charge in [-0.2, -0.15) is 0 Å². The molecular formula is C19H25FN4O2. The SMILES string of the molecule is CCNC(=NCc1ccc(OC)nc1)NCC(C)Oc1ccc(F)cc1. The van der Waals surface area contributed by atoms with E-state index in [9.17, 15) is 4.39 Å². The molecule has 7 heteroatoms. The van der Waals surface area contributed by atoms with Crippen molar-refractivity contribution < 1.29 is 13.9 Å². The van der Waals surface area contributed by atoms with Crippen molar-refractivity contribution in [2.45, 2.75) is 26.5 Å². The van der Waals surface area contributed by atoms with Crippen LogP contribution in [0.15, 0.2) is 47.6 Å². The standard InChI is InChI=1S/C19H25FN4O2/c1-4-21-19(24-13-15-5-10-18(25-3)22-12-15)23-11-14(2)26-17-8-6-16(20)7-9-17/h5-10,12,14H,4,11,13H2,1-3H3,(H2,21,23,24). The van der Waals surface area contributed by atoms with Crippen LogP contribution in [0, 0.1) is 5.82 Å². The van der Waals surface area contributed by atoms with Crippen LogP contribution in [-0.4, -0.2) is 37.2 Å². The summed E-state index contributed by atoms with van der Waals surface area (Å²) in [4.78, 5) is 8.71. The molecule has 1 heterocycles.